The maximum atomic E-state index is 13.5. The SMILES string of the molecule is CCOC(=O)CCC(=O)N(CCOC)CC(=O)N(CCc1c[nH]c2ccccc12)Cc1ccc(F)cc1. The Balaban J connectivity index is 1.73. The van der Waals surface area contributed by atoms with Crippen LogP contribution in [-0.4, -0.2) is 72.5 Å². The standard InChI is InChI=1S/C28H34FN3O5/c1-3-37-28(35)13-12-26(33)32(16-17-36-2)20-27(34)31(19-21-8-10-23(29)11-9-21)15-14-22-18-30-25-7-5-4-6-24(22)25/h4-11,18,30H,3,12-17,19-20H2,1-2H3. The molecule has 0 bridgehead atoms. The van der Waals surface area contributed by atoms with Crippen molar-refractivity contribution < 1.29 is 28.2 Å². The first kappa shape index (κ1) is 27.9. The van der Waals surface area contributed by atoms with Crippen LogP contribution in [0, 0.1) is 5.82 Å². The lowest BCUT2D eigenvalue weighted by atomic mass is 10.1. The molecule has 1 N–H and O–H groups in total. The van der Waals surface area contributed by atoms with Gasteiger partial charge in [0.2, 0.25) is 11.8 Å². The highest BCUT2D eigenvalue weighted by Crippen LogP contribution is 2.19. The number of ether oxygens (including phenoxy) is 2. The number of esters is 1. The Kier molecular flexibility index (Phi) is 10.6. The number of aromatic amines is 1. The van der Waals surface area contributed by atoms with Gasteiger partial charge in [0.25, 0.3) is 0 Å². The summed E-state index contributed by atoms with van der Waals surface area (Å²) in [7, 11) is 1.52. The van der Waals surface area contributed by atoms with Crippen LogP contribution in [-0.2, 0) is 36.8 Å². The zero-order chi connectivity index (χ0) is 26.6. The topological polar surface area (TPSA) is 91.9 Å². The molecule has 1 aromatic heterocycles. The summed E-state index contributed by atoms with van der Waals surface area (Å²) in [6.45, 7) is 2.95. The number of carbonyl (C=O) groups is 3. The largest absolute Gasteiger partial charge is 0.466 e. The molecular formula is C28H34FN3O5. The molecule has 0 aliphatic carbocycles. The van der Waals surface area contributed by atoms with Crippen LogP contribution in [0.5, 0.6) is 0 Å². The number of nitrogens with zero attached hydrogens (tertiary/aromatic N) is 2. The van der Waals surface area contributed by atoms with Crippen LogP contribution in [0.25, 0.3) is 10.9 Å². The van der Waals surface area contributed by atoms with E-state index in [1.807, 2.05) is 30.5 Å². The second-order valence-corrected chi connectivity index (χ2v) is 8.66. The molecule has 3 aromatic rings. The molecule has 0 spiro atoms. The van der Waals surface area contributed by atoms with Crippen molar-refractivity contribution in [2.24, 2.45) is 0 Å². The lowest BCUT2D eigenvalue weighted by Gasteiger charge is -2.28. The Bertz CT molecular complexity index is 1180. The van der Waals surface area contributed by atoms with E-state index < -0.39 is 5.97 Å². The average molecular weight is 512 g/mol. The van der Waals surface area contributed by atoms with Crippen LogP contribution in [0.1, 0.15) is 30.9 Å². The van der Waals surface area contributed by atoms with E-state index in [0.29, 0.717) is 13.0 Å². The average Bonchev–Trinajstić information content (AvgIpc) is 3.31. The molecule has 9 heteroatoms. The van der Waals surface area contributed by atoms with Crippen molar-refractivity contribution in [3.8, 4) is 0 Å². The summed E-state index contributed by atoms with van der Waals surface area (Å²) in [5.41, 5.74) is 2.88. The number of nitrogens with one attached hydrogen (secondary N) is 1. The summed E-state index contributed by atoms with van der Waals surface area (Å²) < 4.78 is 23.5. The fourth-order valence-corrected chi connectivity index (χ4v) is 4.05. The fourth-order valence-electron chi connectivity index (χ4n) is 4.05. The summed E-state index contributed by atoms with van der Waals surface area (Å²) in [6.07, 6.45) is 2.44. The quantitative estimate of drug-likeness (QED) is 0.333. The Morgan fingerprint density at radius 2 is 1.70 bits per heavy atom. The minimum Gasteiger partial charge on any atom is -0.466 e. The van der Waals surface area contributed by atoms with Gasteiger partial charge in [0.05, 0.1) is 26.2 Å². The van der Waals surface area contributed by atoms with Crippen molar-refractivity contribution in [1.29, 1.82) is 0 Å². The molecule has 0 saturated heterocycles. The zero-order valence-corrected chi connectivity index (χ0v) is 21.4. The van der Waals surface area contributed by atoms with Gasteiger partial charge in [0.15, 0.2) is 0 Å². The van der Waals surface area contributed by atoms with Gasteiger partial charge in [-0.25, -0.2) is 4.39 Å². The van der Waals surface area contributed by atoms with Crippen LogP contribution >= 0.6 is 0 Å². The van der Waals surface area contributed by atoms with Crippen molar-refractivity contribution >= 4 is 28.7 Å². The van der Waals surface area contributed by atoms with Crippen LogP contribution < -0.4 is 0 Å². The van der Waals surface area contributed by atoms with Crippen molar-refractivity contribution in [3.05, 3.63) is 71.7 Å². The number of fused-ring (bicyclic) bond motifs is 1. The van der Waals surface area contributed by atoms with Crippen molar-refractivity contribution in [1.82, 2.24) is 14.8 Å². The molecule has 8 nitrogen and oxygen atoms in total. The van der Waals surface area contributed by atoms with Gasteiger partial charge in [-0.3, -0.25) is 14.4 Å². The summed E-state index contributed by atoms with van der Waals surface area (Å²) in [6, 6.07) is 14.0. The Hall–Kier alpha value is -3.72. The van der Waals surface area contributed by atoms with Gasteiger partial charge in [0.1, 0.15) is 5.82 Å². The second kappa shape index (κ2) is 14.1. The van der Waals surface area contributed by atoms with Gasteiger partial charge in [-0.05, 0) is 42.7 Å². The van der Waals surface area contributed by atoms with E-state index in [4.69, 9.17) is 9.47 Å². The summed E-state index contributed by atoms with van der Waals surface area (Å²) in [5.74, 6) is -1.37. The highest BCUT2D eigenvalue weighted by Gasteiger charge is 2.22. The van der Waals surface area contributed by atoms with Crippen LogP contribution in [0.2, 0.25) is 0 Å². The normalized spacial score (nSPS) is 10.9. The molecule has 0 unspecified atom stereocenters. The molecule has 37 heavy (non-hydrogen) atoms. The Morgan fingerprint density at radius 1 is 0.946 bits per heavy atom. The van der Waals surface area contributed by atoms with E-state index in [-0.39, 0.29) is 63.3 Å². The zero-order valence-electron chi connectivity index (χ0n) is 21.4. The molecule has 0 radical (unpaired) electrons. The number of amides is 2. The number of halogens is 1. The minimum absolute atomic E-state index is 0.0514. The number of methoxy groups -OCH3 is 1. The maximum Gasteiger partial charge on any atom is 0.306 e. The summed E-state index contributed by atoms with van der Waals surface area (Å²) >= 11 is 0. The highest BCUT2D eigenvalue weighted by atomic mass is 19.1. The third kappa shape index (κ3) is 8.42. The van der Waals surface area contributed by atoms with E-state index in [1.165, 1.54) is 24.1 Å². The van der Waals surface area contributed by atoms with Crippen molar-refractivity contribution in [2.75, 3.05) is 40.0 Å². The monoisotopic (exact) mass is 511 g/mol. The highest BCUT2D eigenvalue weighted by molar-refractivity contribution is 5.87. The number of hydrogen-bond donors (Lipinski definition) is 1. The number of rotatable bonds is 14. The third-order valence-electron chi connectivity index (χ3n) is 6.06. The van der Waals surface area contributed by atoms with E-state index in [0.717, 1.165) is 22.0 Å². The molecule has 0 saturated carbocycles. The van der Waals surface area contributed by atoms with E-state index in [1.54, 1.807) is 24.0 Å². The Morgan fingerprint density at radius 3 is 2.43 bits per heavy atom. The van der Waals surface area contributed by atoms with Crippen molar-refractivity contribution in [3.63, 3.8) is 0 Å². The Labute approximate surface area is 216 Å². The number of benzene rings is 2. The molecule has 2 amide bonds. The fraction of sp³-hybridized carbons (Fsp3) is 0.393. The van der Waals surface area contributed by atoms with E-state index in [9.17, 15) is 18.8 Å². The summed E-state index contributed by atoms with van der Waals surface area (Å²) in [4.78, 5) is 44.4. The predicted molar refractivity (Wildman–Crippen MR) is 138 cm³/mol. The molecule has 198 valence electrons. The lowest BCUT2D eigenvalue weighted by Crippen LogP contribution is -2.44. The number of carbonyl (C=O) groups excluding carboxylic acids is 3. The molecule has 0 aliphatic rings. The van der Waals surface area contributed by atoms with Gasteiger partial charge in [-0.15, -0.1) is 0 Å². The lowest BCUT2D eigenvalue weighted by molar-refractivity contribution is -0.146. The minimum atomic E-state index is -0.453. The number of aromatic nitrogens is 1. The van der Waals surface area contributed by atoms with Gasteiger partial charge in [-0.2, -0.15) is 0 Å². The summed E-state index contributed by atoms with van der Waals surface area (Å²) in [5, 5.41) is 1.09. The van der Waals surface area contributed by atoms with Crippen LogP contribution in [0.4, 0.5) is 4.39 Å². The molecular weight excluding hydrogens is 477 g/mol. The number of H-pyrrole nitrogens is 1. The van der Waals surface area contributed by atoms with Gasteiger partial charge in [-0.1, -0.05) is 30.3 Å². The molecule has 0 fully saturated rings. The molecule has 0 aliphatic heterocycles. The van der Waals surface area contributed by atoms with Gasteiger partial charge < -0.3 is 24.3 Å². The molecule has 2 aromatic carbocycles. The van der Waals surface area contributed by atoms with Gasteiger partial charge in [0, 0.05) is 50.3 Å². The van der Waals surface area contributed by atoms with E-state index in [2.05, 4.69) is 4.98 Å². The molecule has 3 rings (SSSR count). The number of para-hydroxylation sites is 1. The first-order valence-electron chi connectivity index (χ1n) is 12.4. The predicted octanol–water partition coefficient (Wildman–Crippen LogP) is 3.70. The smallest absolute Gasteiger partial charge is 0.306 e. The number of hydrogen-bond acceptors (Lipinski definition) is 5. The second-order valence-electron chi connectivity index (χ2n) is 8.66. The first-order valence-corrected chi connectivity index (χ1v) is 12.4. The third-order valence-corrected chi connectivity index (χ3v) is 6.06. The van der Waals surface area contributed by atoms with Gasteiger partial charge >= 0.3 is 5.97 Å². The molecule has 0 atom stereocenters. The van der Waals surface area contributed by atoms with Crippen LogP contribution in [0.3, 0.4) is 0 Å². The maximum absolute atomic E-state index is 13.5. The van der Waals surface area contributed by atoms with E-state index >= 15 is 0 Å². The van der Waals surface area contributed by atoms with Crippen LogP contribution in [0.15, 0.2) is 54.7 Å². The first-order chi connectivity index (χ1) is 17.9. The van der Waals surface area contributed by atoms with Crippen molar-refractivity contribution in [2.45, 2.75) is 32.7 Å². The molecule has 1 heterocycles.